The van der Waals surface area contributed by atoms with Crippen molar-refractivity contribution >= 4 is 213 Å². The Morgan fingerprint density at radius 1 is 0.368 bits per heavy atom. The van der Waals surface area contributed by atoms with E-state index in [-0.39, 0.29) is 68.2 Å². The summed E-state index contributed by atoms with van der Waals surface area (Å²) >= 11 is 30.7. The molecule has 0 spiro atoms. The summed E-state index contributed by atoms with van der Waals surface area (Å²) in [6, 6.07) is 7.81. The molecule has 0 saturated carbocycles. The molecule has 136 heavy (non-hydrogen) atoms. The summed E-state index contributed by atoms with van der Waals surface area (Å²) < 4.78 is 219. The summed E-state index contributed by atoms with van der Waals surface area (Å²) in [6.45, 7) is -30.7. The van der Waals surface area contributed by atoms with Crippen LogP contribution in [0.4, 0.5) is 65.6 Å². The number of nitrogen functional groups attached to an aromatic ring is 6. The van der Waals surface area contributed by atoms with Crippen molar-refractivity contribution in [2.45, 2.75) is 147 Å². The van der Waals surface area contributed by atoms with Crippen molar-refractivity contribution in [2.75, 3.05) is 74.0 Å². The summed E-state index contributed by atoms with van der Waals surface area (Å²) in [4.78, 5) is 146. The number of halogens is 7. The highest BCUT2D eigenvalue weighted by Crippen LogP contribution is 2.61. The number of rotatable bonds is 6. The topological polar surface area (TPSA) is 714 Å². The number of ether oxygens (including phenoxy) is 6. The maximum Gasteiger partial charge on any atom is 0.325 e. The Kier molecular flexibility index (Phi) is 26.2. The van der Waals surface area contributed by atoms with Crippen LogP contribution in [0, 0.1) is 0 Å². The van der Waals surface area contributed by atoms with E-state index >= 15 is 30.7 Å². The molecule has 0 radical (unpaired) electrons. The second-order valence-corrected chi connectivity index (χ2v) is 47.6. The first-order valence-electron chi connectivity index (χ1n) is 39.3. The molecule has 9 aliphatic heterocycles. The highest BCUT2D eigenvalue weighted by atomic mass is 32.5. The van der Waals surface area contributed by atoms with Crippen LogP contribution < -0.4 is 51.1 Å². The number of nitrogens with two attached hydrogens (primary N) is 6. The van der Waals surface area contributed by atoms with Crippen LogP contribution in [0.15, 0.2) is 94.7 Å². The Balaban J connectivity index is 0.000000131. The van der Waals surface area contributed by atoms with Gasteiger partial charge in [0.05, 0.1) is 64.3 Å². The van der Waals surface area contributed by atoms with E-state index in [2.05, 4.69) is 70.1 Å². The van der Waals surface area contributed by atoms with Crippen LogP contribution in [0.25, 0.3) is 66.7 Å². The van der Waals surface area contributed by atoms with E-state index in [1.165, 1.54) is 55.3 Å². The lowest BCUT2D eigenvalue weighted by Gasteiger charge is -2.28. The minimum Gasteiger partial charge on any atom is -0.398 e. The fourth-order valence-corrected chi connectivity index (χ4v) is 24.6. The van der Waals surface area contributed by atoms with Gasteiger partial charge in [-0.15, -0.1) is 5.10 Å². The molecule has 9 fully saturated rings. The summed E-state index contributed by atoms with van der Waals surface area (Å²) in [6.07, 6.45) is -28.7. The van der Waals surface area contributed by atoms with Gasteiger partial charge in [-0.1, -0.05) is 5.21 Å². The monoisotopic (exact) mass is 2140 g/mol. The quantitative estimate of drug-likeness (QED) is 0.0838. The zero-order chi connectivity index (χ0) is 96.4. The van der Waals surface area contributed by atoms with Crippen molar-refractivity contribution in [1.82, 2.24) is 97.6 Å². The second kappa shape index (κ2) is 36.6. The largest absolute Gasteiger partial charge is 0.398 e. The number of anilines is 6. The van der Waals surface area contributed by atoms with Crippen LogP contribution in [0.2, 0.25) is 0 Å². The van der Waals surface area contributed by atoms with Crippen molar-refractivity contribution in [3.05, 3.63) is 111 Å². The molecule has 29 atom stereocenters. The number of imidazole rings is 3. The number of fused-ring (bicyclic) bond motifs is 15. The van der Waals surface area contributed by atoms with E-state index in [4.69, 9.17) is 188 Å². The average Bonchev–Trinajstić information content (AvgIpc) is 1.70. The Morgan fingerprint density at radius 2 is 0.684 bits per heavy atom. The molecule has 9 aliphatic rings. The molecule has 12 aromatic rings. The van der Waals surface area contributed by atoms with Gasteiger partial charge in [0, 0.05) is 53.1 Å². The first kappa shape index (κ1) is 97.1. The second-order valence-electron chi connectivity index (χ2n) is 30.9. The molecule has 21 N–H and O–H groups in total. The van der Waals surface area contributed by atoms with Gasteiger partial charge in [0.1, 0.15) is 78.4 Å². The summed E-state index contributed by atoms with van der Waals surface area (Å²) in [7, 11) is 0. The lowest BCUT2D eigenvalue weighted by molar-refractivity contribution is -0.140. The van der Waals surface area contributed by atoms with Crippen LogP contribution in [0.1, 0.15) is 37.4 Å². The lowest BCUT2D eigenvalue weighted by Crippen LogP contribution is -2.41. The maximum atomic E-state index is 16.0. The lowest BCUT2D eigenvalue weighted by atomic mass is 10.1. The number of hydrogen-bond donors (Lipinski definition) is 15. The summed E-state index contributed by atoms with van der Waals surface area (Å²) in [5.41, 5.74) is 33.5. The molecule has 21 heterocycles. The number of H-pyrrole nitrogens is 3. The van der Waals surface area contributed by atoms with Crippen LogP contribution in [0.5, 0.6) is 0 Å². The van der Waals surface area contributed by atoms with Crippen LogP contribution in [-0.2, 0) is 154 Å². The minimum atomic E-state index is -4.61. The number of alkyl halides is 7. The van der Waals surface area contributed by atoms with E-state index in [9.17, 15) is 43.7 Å². The smallest absolute Gasteiger partial charge is 0.325 e. The van der Waals surface area contributed by atoms with Gasteiger partial charge >= 0.3 is 46.2 Å². The molecule has 72 heteroatoms. The Labute approximate surface area is 781 Å². The molecule has 0 amide bonds. The molecule has 9 saturated heterocycles. The zero-order valence-electron chi connectivity index (χ0n) is 67.6. The van der Waals surface area contributed by atoms with E-state index < -0.39 is 244 Å². The minimum absolute atomic E-state index is 0.00930. The molecule has 0 aliphatic carbocycles. The van der Waals surface area contributed by atoms with Crippen molar-refractivity contribution in [3.8, 4) is 0 Å². The van der Waals surface area contributed by atoms with Gasteiger partial charge in [0.15, 0.2) is 113 Å². The normalized spacial score (nSPS) is 37.3. The van der Waals surface area contributed by atoms with Gasteiger partial charge in [0.2, 0.25) is 24.1 Å². The number of aromatic nitrogens is 20. The highest BCUT2D eigenvalue weighted by molar-refractivity contribution is 8.08. The van der Waals surface area contributed by atoms with Gasteiger partial charge in [0.25, 0.3) is 16.7 Å². The number of nitrogens with zero attached hydrogens (tertiary/aromatic N) is 17. The predicted octanol–water partition coefficient (Wildman–Crippen LogP) is 2.25. The Morgan fingerprint density at radius 3 is 1.05 bits per heavy atom. The maximum absolute atomic E-state index is 16.0. The van der Waals surface area contributed by atoms with Crippen LogP contribution >= 0.6 is 40.3 Å². The molecule has 0 aromatic carbocycles. The number of pyridine rings is 3. The van der Waals surface area contributed by atoms with Crippen LogP contribution in [0.3, 0.4) is 0 Å². The summed E-state index contributed by atoms with van der Waals surface area (Å²) in [5.74, 6) is -4.81. The molecule has 53 nitrogen and oxygen atoms in total. The van der Waals surface area contributed by atoms with Gasteiger partial charge in [-0.3, -0.25) is 70.2 Å². The molecule has 6 bridgehead atoms. The van der Waals surface area contributed by atoms with E-state index in [0.717, 1.165) is 23.5 Å². The van der Waals surface area contributed by atoms with Crippen molar-refractivity contribution in [1.29, 1.82) is 0 Å². The van der Waals surface area contributed by atoms with E-state index in [0.29, 0.717) is 38.1 Å². The molecular formula is C64H69F7N26O27P6S6. The first-order valence-corrected chi connectivity index (χ1v) is 54.8. The molecule has 12 aromatic heterocycles. The highest BCUT2D eigenvalue weighted by Gasteiger charge is 2.65. The number of nitrogens with one attached hydrogen (secondary N) is 3. The fraction of sp³-hybridized carbons (Fsp3) is 0.469. The molecule has 21 rings (SSSR count). The molecule has 6 unspecified atom stereocenters. The standard InChI is InChI=1S/2C22H24F2N8O9P2S2.C20H21F3N10O9P2S2/c2*23-12-10-5-36-42(34,44)40-15-11(39-20(13(15)24)31-4-2-8-9(25)1-3-27-17(8)31)6-37-43(35,45)41-16(12)21(38-10)32-7-28-14-18(32)29-22(26)30-19(14)33;21-9-7-3-37-44(36,46)42-13-8(40-18(20(13,22)23)33-14-10(30-31-33)6(24)1-2-26-14)4-38-43(35,45)41-12(9)17(39-7)32-5-27-11-15(32)28-19(25)29-16(11)34/h2*1-4,7,10-13,15-16,20-21H,5-6H2,(H2,25,27)(H,34,44)(H,35,45)(H3,26,29,30,33);1-2,5,7-9,12-13,17-18H,3-4H2,(H2,24,26)(H,35,45)(H,36,46)(H3,25,28,29,34)/t2*10-,11-,12-,13+,15-,16-,20-,21-,42?,43?;7-,8-,9-,12-,13-,17-,18-,43?,44?/m111/s1. The van der Waals surface area contributed by atoms with Crippen LogP contribution in [-0.4, -0.2) is 277 Å². The average molecular weight is 2150 g/mol. The summed E-state index contributed by atoms with van der Waals surface area (Å²) in [5, 5.41) is 8.58. The fourth-order valence-electron chi connectivity index (χ4n) is 16.1. The van der Waals surface area contributed by atoms with Gasteiger partial charge < -0.3 is 128 Å². The third-order valence-electron chi connectivity index (χ3n) is 22.2. The van der Waals surface area contributed by atoms with Gasteiger partial charge in [-0.25, -0.2) is 51.9 Å². The van der Waals surface area contributed by atoms with Crippen molar-refractivity contribution in [2.24, 2.45) is 0 Å². The van der Waals surface area contributed by atoms with Gasteiger partial charge in [-0.05, 0) is 101 Å². The molecule has 732 valence electrons. The van der Waals surface area contributed by atoms with Crippen molar-refractivity contribution < 1.29 is 143 Å². The SMILES string of the molecule is Nc1nc2c(ncn2[C@@H]2O[C@@H]3COP(O)(=S)O[C@@H]4[C@@H](COP(O)(=S)O[C@@H]2[C@@H]3F)O[C@@H](n2nnc3c(N)ccnc32)C4(F)F)c(=O)[nH]1.Nc1nc2c(ncn2[C@@H]2O[C@@H]3COP(O)(=S)O[C@H]4[C@H](F)[C@H](n5ccc6c(N)ccnc65)O[C@@H]4COP(O)(=S)O[C@@H]2[C@@H]3F)c(=O)[nH]1.Nc1nc2c(ncn2[C@@H]2O[C@@H]3COP(O)(=S)O[C@H]4[C@H](F)[C@H](n5ccc6c(N)ccnc65)O[C@@H]4COP(O)(=S)O[C@@H]2[C@@H]3F)c(=O)[nH]1. The zero-order valence-corrected chi connectivity index (χ0v) is 77.9. The number of aromatic amines is 3. The first-order chi connectivity index (χ1) is 64.3. The number of hydrogen-bond acceptors (Lipinski definition) is 44. The van der Waals surface area contributed by atoms with E-state index in [1.807, 2.05) is 0 Å². The van der Waals surface area contributed by atoms with E-state index in [1.54, 1.807) is 24.3 Å². The Bertz CT molecular complexity index is 6940. The Hall–Kier alpha value is -7.77. The third-order valence-corrected chi connectivity index (χ3v) is 31.6. The predicted molar refractivity (Wildman–Crippen MR) is 473 cm³/mol. The van der Waals surface area contributed by atoms with Gasteiger partial charge in [-0.2, -0.15) is 28.4 Å². The van der Waals surface area contributed by atoms with Crippen molar-refractivity contribution in [3.63, 3.8) is 0 Å². The third kappa shape index (κ3) is 18.6. The molecular weight excluding hydrogens is 2080 g/mol.